The third kappa shape index (κ3) is 3.71. The first-order chi connectivity index (χ1) is 8.36. The summed E-state index contributed by atoms with van der Waals surface area (Å²) in [5.74, 6) is -0.462. The Labute approximate surface area is 106 Å². The Morgan fingerprint density at radius 3 is 2.67 bits per heavy atom. The van der Waals surface area contributed by atoms with Crippen molar-refractivity contribution in [1.29, 1.82) is 0 Å². The Balaban J connectivity index is 2.75. The van der Waals surface area contributed by atoms with Crippen LogP contribution in [0.5, 0.6) is 5.75 Å². The highest BCUT2D eigenvalue weighted by molar-refractivity contribution is 7.89. The van der Waals surface area contributed by atoms with Crippen molar-refractivity contribution in [3.8, 4) is 5.75 Å². The highest BCUT2D eigenvalue weighted by atomic mass is 32.2. The molecule has 0 bridgehead atoms. The Hall–Kier alpha value is -1.60. The van der Waals surface area contributed by atoms with Crippen LogP contribution < -0.4 is 4.72 Å². The van der Waals surface area contributed by atoms with Crippen LogP contribution in [0.25, 0.3) is 0 Å². The standard InChI is InChI=1S/C11H16N2O4S/c1-3-13(2)11(15)8-12-18(16,17)10-6-4-5-9(14)7-10/h4-7,12,14H,3,8H2,1-2H3. The predicted molar refractivity (Wildman–Crippen MR) is 66.6 cm³/mol. The molecule has 0 atom stereocenters. The summed E-state index contributed by atoms with van der Waals surface area (Å²) in [6.45, 7) is 2.00. The van der Waals surface area contributed by atoms with Crippen LogP contribution in [0, 0.1) is 0 Å². The van der Waals surface area contributed by atoms with Crippen molar-refractivity contribution in [2.75, 3.05) is 20.1 Å². The monoisotopic (exact) mass is 272 g/mol. The normalized spacial score (nSPS) is 11.2. The number of rotatable bonds is 5. The lowest BCUT2D eigenvalue weighted by atomic mass is 10.3. The fourth-order valence-corrected chi connectivity index (χ4v) is 2.22. The highest BCUT2D eigenvalue weighted by Crippen LogP contribution is 2.15. The molecule has 0 spiro atoms. The predicted octanol–water partition coefficient (Wildman–Crippen LogP) is 0.149. The van der Waals surface area contributed by atoms with E-state index in [9.17, 15) is 18.3 Å². The lowest BCUT2D eigenvalue weighted by Crippen LogP contribution is -2.37. The molecule has 0 heterocycles. The summed E-state index contributed by atoms with van der Waals surface area (Å²) in [5.41, 5.74) is 0. The summed E-state index contributed by atoms with van der Waals surface area (Å²) in [6.07, 6.45) is 0. The van der Waals surface area contributed by atoms with Crippen molar-refractivity contribution < 1.29 is 18.3 Å². The molecule has 7 heteroatoms. The first kappa shape index (κ1) is 14.5. The number of aromatic hydroxyl groups is 1. The molecule has 18 heavy (non-hydrogen) atoms. The van der Waals surface area contributed by atoms with Crippen LogP contribution >= 0.6 is 0 Å². The maximum Gasteiger partial charge on any atom is 0.241 e. The highest BCUT2D eigenvalue weighted by Gasteiger charge is 2.16. The quantitative estimate of drug-likeness (QED) is 0.798. The summed E-state index contributed by atoms with van der Waals surface area (Å²) in [6, 6.07) is 5.26. The van der Waals surface area contributed by atoms with Gasteiger partial charge < -0.3 is 10.0 Å². The van der Waals surface area contributed by atoms with Gasteiger partial charge >= 0.3 is 0 Å². The topological polar surface area (TPSA) is 86.7 Å². The lowest BCUT2D eigenvalue weighted by Gasteiger charge is -2.14. The second-order valence-corrected chi connectivity index (χ2v) is 5.50. The molecule has 1 amide bonds. The van der Waals surface area contributed by atoms with Gasteiger partial charge in [0.25, 0.3) is 0 Å². The first-order valence-corrected chi connectivity index (χ1v) is 6.88. The van der Waals surface area contributed by atoms with Crippen molar-refractivity contribution in [1.82, 2.24) is 9.62 Å². The molecule has 0 aliphatic rings. The van der Waals surface area contributed by atoms with Gasteiger partial charge in [0.05, 0.1) is 11.4 Å². The molecule has 0 aliphatic heterocycles. The number of benzene rings is 1. The molecule has 1 aromatic carbocycles. The number of phenolic OH excluding ortho intramolecular Hbond substituents is 1. The number of phenols is 1. The van der Waals surface area contributed by atoms with Crippen LogP contribution in [-0.4, -0.2) is 44.5 Å². The Morgan fingerprint density at radius 2 is 2.11 bits per heavy atom. The van der Waals surface area contributed by atoms with Crippen molar-refractivity contribution >= 4 is 15.9 Å². The number of hydrogen-bond donors (Lipinski definition) is 2. The maximum absolute atomic E-state index is 11.8. The zero-order valence-electron chi connectivity index (χ0n) is 10.3. The van der Waals surface area contributed by atoms with Gasteiger partial charge in [0.2, 0.25) is 15.9 Å². The van der Waals surface area contributed by atoms with Crippen LogP contribution in [-0.2, 0) is 14.8 Å². The van der Waals surface area contributed by atoms with Gasteiger partial charge in [-0.1, -0.05) is 6.07 Å². The van der Waals surface area contributed by atoms with Crippen LogP contribution in [0.15, 0.2) is 29.2 Å². The van der Waals surface area contributed by atoms with E-state index in [4.69, 9.17) is 0 Å². The number of amides is 1. The van der Waals surface area contributed by atoms with Crippen molar-refractivity contribution in [2.45, 2.75) is 11.8 Å². The third-order valence-corrected chi connectivity index (χ3v) is 3.84. The van der Waals surface area contributed by atoms with Gasteiger partial charge in [-0.2, -0.15) is 0 Å². The van der Waals surface area contributed by atoms with E-state index in [0.717, 1.165) is 6.07 Å². The van der Waals surface area contributed by atoms with E-state index in [0.29, 0.717) is 6.54 Å². The Morgan fingerprint density at radius 1 is 1.44 bits per heavy atom. The molecule has 6 nitrogen and oxygen atoms in total. The molecular weight excluding hydrogens is 256 g/mol. The lowest BCUT2D eigenvalue weighted by molar-refractivity contribution is -0.128. The zero-order chi connectivity index (χ0) is 13.8. The van der Waals surface area contributed by atoms with Crippen molar-refractivity contribution in [3.05, 3.63) is 24.3 Å². The number of nitrogens with zero attached hydrogens (tertiary/aromatic N) is 1. The first-order valence-electron chi connectivity index (χ1n) is 5.39. The fourth-order valence-electron chi connectivity index (χ4n) is 1.20. The van der Waals surface area contributed by atoms with Gasteiger partial charge in [-0.3, -0.25) is 4.79 Å². The molecule has 0 aliphatic carbocycles. The molecule has 2 N–H and O–H groups in total. The second-order valence-electron chi connectivity index (χ2n) is 3.73. The van der Waals surface area contributed by atoms with E-state index < -0.39 is 10.0 Å². The van der Waals surface area contributed by atoms with Gasteiger partial charge in [0.1, 0.15) is 5.75 Å². The summed E-state index contributed by atoms with van der Waals surface area (Å²) in [7, 11) is -2.19. The minimum Gasteiger partial charge on any atom is -0.508 e. The average molecular weight is 272 g/mol. The van der Waals surface area contributed by atoms with E-state index in [1.54, 1.807) is 14.0 Å². The molecule has 0 aromatic heterocycles. The molecule has 100 valence electrons. The summed E-state index contributed by atoms with van der Waals surface area (Å²) >= 11 is 0. The number of sulfonamides is 1. The number of likely N-dealkylation sites (N-methyl/N-ethyl adjacent to an activating group) is 1. The van der Waals surface area contributed by atoms with E-state index >= 15 is 0 Å². The molecular formula is C11H16N2O4S. The average Bonchev–Trinajstić information content (AvgIpc) is 2.35. The van der Waals surface area contributed by atoms with E-state index in [1.807, 2.05) is 0 Å². The zero-order valence-corrected chi connectivity index (χ0v) is 11.1. The molecule has 0 radical (unpaired) electrons. The van der Waals surface area contributed by atoms with Gasteiger partial charge in [-0.25, -0.2) is 13.1 Å². The Bertz CT molecular complexity index is 528. The van der Waals surface area contributed by atoms with Crippen molar-refractivity contribution in [2.24, 2.45) is 0 Å². The Kier molecular flexibility index (Phi) is 4.69. The summed E-state index contributed by atoms with van der Waals surface area (Å²) < 4.78 is 25.8. The largest absolute Gasteiger partial charge is 0.508 e. The maximum atomic E-state index is 11.8. The molecule has 1 rings (SSSR count). The number of carbonyl (C=O) groups is 1. The molecule has 0 saturated carbocycles. The van der Waals surface area contributed by atoms with Crippen LogP contribution in [0.2, 0.25) is 0 Å². The van der Waals surface area contributed by atoms with Crippen LogP contribution in [0.4, 0.5) is 0 Å². The van der Waals surface area contributed by atoms with Crippen molar-refractivity contribution in [3.63, 3.8) is 0 Å². The summed E-state index contributed by atoms with van der Waals surface area (Å²) in [4.78, 5) is 12.8. The number of nitrogens with one attached hydrogen (secondary N) is 1. The molecule has 0 fully saturated rings. The fraction of sp³-hybridized carbons (Fsp3) is 0.364. The number of hydrogen-bond acceptors (Lipinski definition) is 4. The molecule has 0 saturated heterocycles. The minimum atomic E-state index is -3.78. The van der Waals surface area contributed by atoms with Gasteiger partial charge in [-0.05, 0) is 25.1 Å². The van der Waals surface area contributed by atoms with E-state index in [2.05, 4.69) is 4.72 Å². The van der Waals surface area contributed by atoms with E-state index in [-0.39, 0.29) is 23.1 Å². The van der Waals surface area contributed by atoms with Gasteiger partial charge in [0.15, 0.2) is 0 Å². The van der Waals surface area contributed by atoms with E-state index in [1.165, 1.54) is 23.1 Å². The minimum absolute atomic E-state index is 0.0746. The molecule has 1 aromatic rings. The molecule has 0 unspecified atom stereocenters. The second kappa shape index (κ2) is 5.83. The van der Waals surface area contributed by atoms with Crippen LogP contribution in [0.1, 0.15) is 6.92 Å². The summed E-state index contributed by atoms with van der Waals surface area (Å²) in [5, 5.41) is 9.21. The van der Waals surface area contributed by atoms with Crippen LogP contribution in [0.3, 0.4) is 0 Å². The third-order valence-electron chi connectivity index (χ3n) is 2.44. The van der Waals surface area contributed by atoms with Gasteiger partial charge in [-0.15, -0.1) is 0 Å². The SMILES string of the molecule is CCN(C)C(=O)CNS(=O)(=O)c1cccc(O)c1. The smallest absolute Gasteiger partial charge is 0.241 e. The number of carbonyl (C=O) groups excluding carboxylic acids is 1. The van der Waals surface area contributed by atoms with Gasteiger partial charge in [0, 0.05) is 13.6 Å².